The van der Waals surface area contributed by atoms with Gasteiger partial charge in [0.25, 0.3) is 0 Å². The predicted octanol–water partition coefficient (Wildman–Crippen LogP) is 5.60. The van der Waals surface area contributed by atoms with Gasteiger partial charge >= 0.3 is 12.1 Å². The Labute approximate surface area is 196 Å². The van der Waals surface area contributed by atoms with Crippen molar-refractivity contribution in [2.45, 2.75) is 58.0 Å². The number of hydrogen-bond donors (Lipinski definition) is 2. The van der Waals surface area contributed by atoms with Gasteiger partial charge in [-0.2, -0.15) is 0 Å². The van der Waals surface area contributed by atoms with Crippen molar-refractivity contribution in [2.75, 3.05) is 19.8 Å². The molecule has 0 unspecified atom stereocenters. The minimum atomic E-state index is -0.861. The molecule has 0 radical (unpaired) electrons. The number of fused-ring (bicyclic) bond motifs is 3. The molecule has 2 aromatic rings. The second-order valence-electron chi connectivity index (χ2n) is 8.64. The van der Waals surface area contributed by atoms with Gasteiger partial charge < -0.3 is 19.9 Å². The monoisotopic (exact) mass is 453 g/mol. The van der Waals surface area contributed by atoms with Gasteiger partial charge in [0.2, 0.25) is 0 Å². The van der Waals surface area contributed by atoms with Crippen molar-refractivity contribution in [1.82, 2.24) is 5.32 Å². The van der Waals surface area contributed by atoms with Crippen molar-refractivity contribution in [3.63, 3.8) is 0 Å². The molecule has 0 saturated heterocycles. The second kappa shape index (κ2) is 12.4. The lowest BCUT2D eigenvalue weighted by atomic mass is 9.98. The quantitative estimate of drug-likeness (QED) is 0.386. The molecule has 0 bridgehead atoms. The number of carboxylic acids is 1. The van der Waals surface area contributed by atoms with Crippen LogP contribution in [0.3, 0.4) is 0 Å². The summed E-state index contributed by atoms with van der Waals surface area (Å²) in [4.78, 5) is 23.7. The van der Waals surface area contributed by atoms with Gasteiger partial charge in [0, 0.05) is 12.5 Å². The maximum atomic E-state index is 12.3. The van der Waals surface area contributed by atoms with Crippen LogP contribution in [0.2, 0.25) is 0 Å². The number of nitrogens with one attached hydrogen (secondary N) is 1. The fourth-order valence-electron chi connectivity index (χ4n) is 4.42. The van der Waals surface area contributed by atoms with E-state index >= 15 is 0 Å². The molecule has 1 aliphatic rings. The van der Waals surface area contributed by atoms with Gasteiger partial charge in [0.05, 0.1) is 18.6 Å². The maximum Gasteiger partial charge on any atom is 0.407 e. The van der Waals surface area contributed by atoms with Crippen LogP contribution in [0.4, 0.5) is 4.79 Å². The van der Waals surface area contributed by atoms with Crippen LogP contribution in [0.5, 0.6) is 0 Å². The van der Waals surface area contributed by atoms with Crippen molar-refractivity contribution < 1.29 is 24.2 Å². The molecule has 1 amide bonds. The molecule has 178 valence electrons. The van der Waals surface area contributed by atoms with Gasteiger partial charge in [-0.3, -0.25) is 4.79 Å². The highest BCUT2D eigenvalue weighted by molar-refractivity contribution is 5.79. The molecule has 0 fully saturated rings. The number of amides is 1. The van der Waals surface area contributed by atoms with Crippen LogP contribution in [-0.4, -0.2) is 43.0 Å². The molecule has 2 N–H and O–H groups in total. The Balaban J connectivity index is 1.44. The Morgan fingerprint density at radius 2 is 1.64 bits per heavy atom. The number of carboxylic acid groups (broad SMARTS) is 1. The topological polar surface area (TPSA) is 84.9 Å². The Morgan fingerprint density at radius 1 is 1.00 bits per heavy atom. The van der Waals surface area contributed by atoms with Gasteiger partial charge in [-0.1, -0.05) is 81.1 Å². The summed E-state index contributed by atoms with van der Waals surface area (Å²) >= 11 is 0. The molecule has 0 aliphatic heterocycles. The van der Waals surface area contributed by atoms with E-state index in [9.17, 15) is 14.7 Å². The Kier molecular flexibility index (Phi) is 9.31. The number of rotatable bonds is 13. The lowest BCUT2D eigenvalue weighted by Crippen LogP contribution is -2.33. The van der Waals surface area contributed by atoms with E-state index in [0.717, 1.165) is 25.7 Å². The van der Waals surface area contributed by atoms with Gasteiger partial charge in [-0.15, -0.1) is 0 Å². The summed E-state index contributed by atoms with van der Waals surface area (Å²) in [7, 11) is 0. The van der Waals surface area contributed by atoms with Gasteiger partial charge in [-0.25, -0.2) is 4.79 Å². The summed E-state index contributed by atoms with van der Waals surface area (Å²) in [6.07, 6.45) is 4.13. The van der Waals surface area contributed by atoms with E-state index in [1.54, 1.807) is 6.92 Å². The van der Waals surface area contributed by atoms with Crippen LogP contribution in [-0.2, 0) is 14.3 Å². The standard InChI is InChI=1S/C27H35NO5/c1-3-4-5-6-15-25(19(2)26(29)30)32-17-16-28-27(31)33-18-24-22-13-9-7-11-20(22)21-12-8-10-14-23(21)24/h7-14,19,24-25H,3-6,15-18H2,1-2H3,(H,28,31)(H,29,30)/t19-,25-/m1/s1. The van der Waals surface area contributed by atoms with Crippen LogP contribution in [0.1, 0.15) is 63.0 Å². The van der Waals surface area contributed by atoms with E-state index in [4.69, 9.17) is 9.47 Å². The van der Waals surface area contributed by atoms with Crippen LogP contribution in [0, 0.1) is 5.92 Å². The summed E-state index contributed by atoms with van der Waals surface area (Å²) in [5, 5.41) is 12.1. The number of aliphatic carboxylic acids is 1. The lowest BCUT2D eigenvalue weighted by Gasteiger charge is -2.22. The number of carbonyl (C=O) groups is 2. The SMILES string of the molecule is CCCCCC[C@@H](OCCNC(=O)OCC1c2ccccc2-c2ccccc21)[C@@H](C)C(=O)O. The lowest BCUT2D eigenvalue weighted by molar-refractivity contribution is -0.146. The van der Waals surface area contributed by atoms with E-state index in [-0.39, 0.29) is 31.8 Å². The third-order valence-corrected chi connectivity index (χ3v) is 6.34. The minimum Gasteiger partial charge on any atom is -0.481 e. The van der Waals surface area contributed by atoms with Gasteiger partial charge in [0.15, 0.2) is 0 Å². The first-order valence-corrected chi connectivity index (χ1v) is 12.0. The molecule has 0 saturated carbocycles. The van der Waals surface area contributed by atoms with Crippen LogP contribution in [0.15, 0.2) is 48.5 Å². The zero-order valence-corrected chi connectivity index (χ0v) is 19.6. The minimum absolute atomic E-state index is 0.0170. The average Bonchev–Trinajstić information content (AvgIpc) is 3.15. The zero-order valence-electron chi connectivity index (χ0n) is 19.6. The second-order valence-corrected chi connectivity index (χ2v) is 8.64. The number of carbonyl (C=O) groups excluding carboxylic acids is 1. The van der Waals surface area contributed by atoms with E-state index in [1.165, 1.54) is 22.3 Å². The van der Waals surface area contributed by atoms with Crippen molar-refractivity contribution >= 4 is 12.1 Å². The fourth-order valence-corrected chi connectivity index (χ4v) is 4.42. The summed E-state index contributed by atoms with van der Waals surface area (Å²) in [5.74, 6) is -1.43. The third kappa shape index (κ3) is 6.57. The first kappa shape index (κ1) is 24.8. The highest BCUT2D eigenvalue weighted by Crippen LogP contribution is 2.44. The molecule has 6 nitrogen and oxygen atoms in total. The molecule has 3 rings (SSSR count). The molecular weight excluding hydrogens is 418 g/mol. The summed E-state index contributed by atoms with van der Waals surface area (Å²) < 4.78 is 11.3. The molecule has 1 aliphatic carbocycles. The van der Waals surface area contributed by atoms with Crippen molar-refractivity contribution in [3.8, 4) is 11.1 Å². The predicted molar refractivity (Wildman–Crippen MR) is 128 cm³/mol. The Morgan fingerprint density at radius 3 is 2.24 bits per heavy atom. The highest BCUT2D eigenvalue weighted by Gasteiger charge is 2.29. The molecule has 2 aromatic carbocycles. The Bertz CT molecular complexity index is 883. The van der Waals surface area contributed by atoms with E-state index in [0.29, 0.717) is 6.42 Å². The number of unbranched alkanes of at least 4 members (excludes halogenated alkanes) is 3. The highest BCUT2D eigenvalue weighted by atomic mass is 16.5. The number of alkyl carbamates (subject to hydrolysis) is 1. The first-order valence-electron chi connectivity index (χ1n) is 12.0. The van der Waals surface area contributed by atoms with Crippen LogP contribution < -0.4 is 5.32 Å². The van der Waals surface area contributed by atoms with Crippen molar-refractivity contribution in [3.05, 3.63) is 59.7 Å². The first-order chi connectivity index (χ1) is 16.0. The number of ether oxygens (including phenoxy) is 2. The van der Waals surface area contributed by atoms with E-state index < -0.39 is 18.0 Å². The Hall–Kier alpha value is -2.86. The third-order valence-electron chi connectivity index (χ3n) is 6.34. The van der Waals surface area contributed by atoms with Gasteiger partial charge in [-0.05, 0) is 35.6 Å². The van der Waals surface area contributed by atoms with E-state index in [2.05, 4.69) is 36.5 Å². The average molecular weight is 454 g/mol. The largest absolute Gasteiger partial charge is 0.481 e. The molecule has 0 spiro atoms. The molecule has 0 heterocycles. The molecule has 2 atom stereocenters. The smallest absolute Gasteiger partial charge is 0.407 e. The molecule has 6 heteroatoms. The molecule has 0 aromatic heterocycles. The summed E-state index contributed by atoms with van der Waals surface area (Å²) in [5.41, 5.74) is 4.72. The summed E-state index contributed by atoms with van der Waals surface area (Å²) in [6, 6.07) is 16.4. The van der Waals surface area contributed by atoms with E-state index in [1.807, 2.05) is 24.3 Å². The van der Waals surface area contributed by atoms with Crippen LogP contribution in [0.25, 0.3) is 11.1 Å². The van der Waals surface area contributed by atoms with Gasteiger partial charge in [0.1, 0.15) is 6.61 Å². The fraction of sp³-hybridized carbons (Fsp3) is 0.481. The van der Waals surface area contributed by atoms with Crippen molar-refractivity contribution in [1.29, 1.82) is 0 Å². The number of benzene rings is 2. The normalized spacial score (nSPS) is 14.2. The summed E-state index contributed by atoms with van der Waals surface area (Å²) in [6.45, 7) is 4.60. The van der Waals surface area contributed by atoms with Crippen LogP contribution >= 0.6 is 0 Å². The molecular formula is C27H35NO5. The van der Waals surface area contributed by atoms with Crippen molar-refractivity contribution in [2.24, 2.45) is 5.92 Å². The maximum absolute atomic E-state index is 12.3. The molecule has 33 heavy (non-hydrogen) atoms. The number of hydrogen-bond acceptors (Lipinski definition) is 4. The zero-order chi connectivity index (χ0) is 23.6.